The second-order valence-corrected chi connectivity index (χ2v) is 11.5. The number of carboxylic acid groups (broad SMARTS) is 1. The SMILES string of the molecule is Nc1cc(SCC=CC2=C(C(=O)O)N3C(=O)[C@@H](NC(=O)CSc4cc(Cl)nc(Cl)c4)[C@H]3SC2)nc(N)n1. The first-order chi connectivity index (χ1) is 17.6. The number of β-lactam (4-membered cyclic amide) rings is 1. The van der Waals surface area contributed by atoms with Crippen LogP contribution in [0.1, 0.15) is 0 Å². The smallest absolute Gasteiger partial charge is 0.352 e. The fourth-order valence-electron chi connectivity index (χ4n) is 3.52. The average molecular weight is 601 g/mol. The largest absolute Gasteiger partial charge is 0.477 e. The van der Waals surface area contributed by atoms with Gasteiger partial charge in [0.05, 0.1) is 5.75 Å². The van der Waals surface area contributed by atoms with Crippen LogP contribution in [-0.4, -0.2) is 71.4 Å². The predicted molar refractivity (Wildman–Crippen MR) is 145 cm³/mol. The second kappa shape index (κ2) is 11.8. The third-order valence-corrected chi connectivity index (χ3v) is 8.54. The van der Waals surface area contributed by atoms with E-state index in [0.717, 1.165) is 0 Å². The molecule has 4 heterocycles. The van der Waals surface area contributed by atoms with E-state index in [1.165, 1.54) is 40.2 Å². The van der Waals surface area contributed by atoms with E-state index in [0.29, 0.717) is 27.0 Å². The van der Waals surface area contributed by atoms with Crippen molar-refractivity contribution in [1.82, 2.24) is 25.2 Å². The number of nitrogens with two attached hydrogens (primary N) is 2. The second-order valence-electron chi connectivity index (χ2n) is 7.57. The van der Waals surface area contributed by atoms with Gasteiger partial charge in [-0.2, -0.15) is 4.98 Å². The van der Waals surface area contributed by atoms with Gasteiger partial charge in [0.1, 0.15) is 38.3 Å². The van der Waals surface area contributed by atoms with Gasteiger partial charge in [-0.15, -0.1) is 35.3 Å². The highest BCUT2D eigenvalue weighted by atomic mass is 35.5. The summed E-state index contributed by atoms with van der Waals surface area (Å²) in [5, 5.41) is 13.0. The number of aromatic nitrogens is 3. The van der Waals surface area contributed by atoms with Crippen molar-refractivity contribution in [2.45, 2.75) is 21.3 Å². The number of allylic oxidation sites excluding steroid dienone is 1. The van der Waals surface area contributed by atoms with Crippen LogP contribution in [0.3, 0.4) is 0 Å². The van der Waals surface area contributed by atoms with Gasteiger partial charge in [0.15, 0.2) is 0 Å². The Hall–Kier alpha value is -2.65. The Bertz CT molecular complexity index is 1290. The van der Waals surface area contributed by atoms with Crippen molar-refractivity contribution in [2.75, 3.05) is 28.7 Å². The Labute approximate surface area is 233 Å². The minimum absolute atomic E-state index is 0.0226. The van der Waals surface area contributed by atoms with Crippen LogP contribution in [0.25, 0.3) is 0 Å². The summed E-state index contributed by atoms with van der Waals surface area (Å²) in [5.74, 6) is -0.883. The molecule has 2 atom stereocenters. The molecule has 194 valence electrons. The number of pyridine rings is 1. The number of anilines is 2. The highest BCUT2D eigenvalue weighted by molar-refractivity contribution is 8.00. The van der Waals surface area contributed by atoms with Crippen molar-refractivity contribution < 1.29 is 19.5 Å². The van der Waals surface area contributed by atoms with Gasteiger partial charge in [-0.3, -0.25) is 14.5 Å². The Morgan fingerprint density at radius 3 is 2.59 bits per heavy atom. The molecule has 11 nitrogen and oxygen atoms in total. The summed E-state index contributed by atoms with van der Waals surface area (Å²) >= 11 is 15.7. The molecule has 0 unspecified atom stereocenters. The number of carbonyl (C=O) groups is 3. The van der Waals surface area contributed by atoms with E-state index in [4.69, 9.17) is 34.7 Å². The maximum absolute atomic E-state index is 12.8. The molecule has 2 aliphatic rings. The molecule has 2 aromatic heterocycles. The van der Waals surface area contributed by atoms with Gasteiger partial charge >= 0.3 is 5.97 Å². The molecule has 0 aromatic carbocycles. The van der Waals surface area contributed by atoms with Crippen molar-refractivity contribution in [3.05, 3.63) is 51.9 Å². The fourth-order valence-corrected chi connectivity index (χ4v) is 6.93. The minimum atomic E-state index is -1.21. The Morgan fingerprint density at radius 1 is 1.19 bits per heavy atom. The van der Waals surface area contributed by atoms with E-state index in [-0.39, 0.29) is 39.4 Å². The zero-order valence-electron chi connectivity index (χ0n) is 18.8. The van der Waals surface area contributed by atoms with Gasteiger partial charge in [-0.1, -0.05) is 35.4 Å². The van der Waals surface area contributed by atoms with E-state index in [1.807, 2.05) is 0 Å². The van der Waals surface area contributed by atoms with Gasteiger partial charge in [0, 0.05) is 22.5 Å². The van der Waals surface area contributed by atoms with Crippen LogP contribution >= 0.6 is 58.5 Å². The molecule has 2 aromatic rings. The zero-order chi connectivity index (χ0) is 26.7. The number of carboxylic acids is 1. The number of thioether (sulfide) groups is 3. The molecule has 2 aliphatic heterocycles. The summed E-state index contributed by atoms with van der Waals surface area (Å²) in [5.41, 5.74) is 11.7. The Kier molecular flexibility index (Phi) is 8.75. The number of aliphatic carboxylic acids is 1. The number of rotatable bonds is 9. The van der Waals surface area contributed by atoms with Crippen molar-refractivity contribution >= 4 is 88.0 Å². The van der Waals surface area contributed by atoms with Crippen LogP contribution in [0.2, 0.25) is 10.3 Å². The normalized spacial score (nSPS) is 19.1. The van der Waals surface area contributed by atoms with Crippen molar-refractivity contribution in [3.8, 4) is 0 Å². The number of nitrogen functional groups attached to an aromatic ring is 2. The van der Waals surface area contributed by atoms with Crippen molar-refractivity contribution in [1.29, 1.82) is 0 Å². The molecule has 0 bridgehead atoms. The molecular weight excluding hydrogens is 581 g/mol. The van der Waals surface area contributed by atoms with Crippen molar-refractivity contribution in [3.63, 3.8) is 0 Å². The molecule has 0 spiro atoms. The first-order valence-electron chi connectivity index (χ1n) is 10.5. The van der Waals surface area contributed by atoms with Gasteiger partial charge < -0.3 is 21.9 Å². The van der Waals surface area contributed by atoms with E-state index in [9.17, 15) is 19.5 Å². The quantitative estimate of drug-likeness (QED) is 0.143. The van der Waals surface area contributed by atoms with Crippen LogP contribution < -0.4 is 16.8 Å². The van der Waals surface area contributed by atoms with Crippen LogP contribution in [0, 0.1) is 0 Å². The maximum atomic E-state index is 12.8. The lowest BCUT2D eigenvalue weighted by atomic mass is 10.0. The van der Waals surface area contributed by atoms with Gasteiger partial charge in [-0.05, 0) is 17.7 Å². The summed E-state index contributed by atoms with van der Waals surface area (Å²) < 4.78 is 0. The molecule has 0 aliphatic carbocycles. The molecule has 2 amide bonds. The van der Waals surface area contributed by atoms with Crippen LogP contribution in [-0.2, 0) is 14.4 Å². The summed E-state index contributed by atoms with van der Waals surface area (Å²) in [7, 11) is 0. The summed E-state index contributed by atoms with van der Waals surface area (Å²) in [6, 6.07) is 3.93. The predicted octanol–water partition coefficient (Wildman–Crippen LogP) is 2.52. The standard InChI is InChI=1S/C21H19Cl2N7O4S3/c22-11-4-10(5-12(23)26-11)36-8-14(31)28-16-18(32)30-17(20(33)34)9(7-37-19(16)30)2-1-3-35-15-6-13(24)27-21(25)29-15/h1-2,4-6,16,19H,3,7-8H2,(H,28,31)(H,33,34)(H4,24,25,27,29)/t16-,19-/m1/s1. The molecule has 1 fully saturated rings. The molecule has 1 saturated heterocycles. The first kappa shape index (κ1) is 27.4. The van der Waals surface area contributed by atoms with Crippen molar-refractivity contribution in [2.24, 2.45) is 0 Å². The molecule has 6 N–H and O–H groups in total. The third-order valence-electron chi connectivity index (χ3n) is 5.01. The number of hydrogen-bond donors (Lipinski definition) is 4. The summed E-state index contributed by atoms with van der Waals surface area (Å²) in [6.45, 7) is 0. The highest BCUT2D eigenvalue weighted by Crippen LogP contribution is 2.40. The number of hydrogen-bond acceptors (Lipinski definition) is 11. The summed E-state index contributed by atoms with van der Waals surface area (Å²) in [4.78, 5) is 50.9. The molecule has 4 rings (SSSR count). The molecule has 37 heavy (non-hydrogen) atoms. The number of halogens is 2. The van der Waals surface area contributed by atoms with E-state index < -0.39 is 23.3 Å². The average Bonchev–Trinajstić information content (AvgIpc) is 2.82. The first-order valence-corrected chi connectivity index (χ1v) is 14.3. The lowest BCUT2D eigenvalue weighted by molar-refractivity contribution is -0.150. The minimum Gasteiger partial charge on any atom is -0.477 e. The number of nitrogens with one attached hydrogen (secondary N) is 1. The maximum Gasteiger partial charge on any atom is 0.352 e. The van der Waals surface area contributed by atoms with Crippen LogP contribution in [0.5, 0.6) is 0 Å². The van der Waals surface area contributed by atoms with E-state index in [1.54, 1.807) is 30.4 Å². The summed E-state index contributed by atoms with van der Waals surface area (Å²) in [6.07, 6.45) is 3.45. The van der Waals surface area contributed by atoms with E-state index in [2.05, 4.69) is 20.3 Å². The van der Waals surface area contributed by atoms with Crippen LogP contribution in [0.15, 0.2) is 51.5 Å². The monoisotopic (exact) mass is 599 g/mol. The number of nitrogens with zero attached hydrogens (tertiary/aromatic N) is 4. The molecule has 16 heteroatoms. The topological polar surface area (TPSA) is 177 Å². The Balaban J connectivity index is 1.36. The van der Waals surface area contributed by atoms with Gasteiger partial charge in [0.2, 0.25) is 11.9 Å². The van der Waals surface area contributed by atoms with Gasteiger partial charge in [-0.25, -0.2) is 14.8 Å². The van der Waals surface area contributed by atoms with E-state index >= 15 is 0 Å². The lowest BCUT2D eigenvalue weighted by Gasteiger charge is -2.49. The number of fused-ring (bicyclic) bond motifs is 1. The van der Waals surface area contributed by atoms with Gasteiger partial charge in [0.25, 0.3) is 5.91 Å². The fraction of sp³-hybridized carbons (Fsp3) is 0.238. The third kappa shape index (κ3) is 6.62. The zero-order valence-corrected chi connectivity index (χ0v) is 22.7. The molecule has 0 radical (unpaired) electrons. The number of amides is 2. The highest BCUT2D eigenvalue weighted by Gasteiger charge is 2.53. The molecular formula is C21H19Cl2N7O4S3. The van der Waals surface area contributed by atoms with Crippen LogP contribution in [0.4, 0.5) is 11.8 Å². The number of carbonyl (C=O) groups excluding carboxylic acids is 2. The molecule has 0 saturated carbocycles. The lowest BCUT2D eigenvalue weighted by Crippen LogP contribution is -2.70. The Morgan fingerprint density at radius 2 is 1.92 bits per heavy atom.